The first-order valence-electron chi connectivity index (χ1n) is 3.74. The van der Waals surface area contributed by atoms with Crippen molar-refractivity contribution in [3.8, 4) is 11.8 Å². The van der Waals surface area contributed by atoms with Gasteiger partial charge in [-0.3, -0.25) is 0 Å². The van der Waals surface area contributed by atoms with Crippen molar-refractivity contribution in [3.63, 3.8) is 0 Å². The zero-order valence-electron chi connectivity index (χ0n) is 7.84. The number of ether oxygens (including phenoxy) is 1. The number of aliphatic hydroxyl groups excluding tert-OH is 1. The quantitative estimate of drug-likeness (QED) is 0.331. The molecule has 3 nitrogen and oxygen atoms in total. The van der Waals surface area contributed by atoms with Crippen molar-refractivity contribution >= 4 is 5.97 Å². The second kappa shape index (κ2) is 4.13. The fourth-order valence-electron chi connectivity index (χ4n) is 0.467. The van der Waals surface area contributed by atoms with Crippen LogP contribution in [0.3, 0.4) is 0 Å². The molecule has 0 saturated carbocycles. The maximum atomic E-state index is 10.9. The largest absolute Gasteiger partial charge is 0.450 e. The van der Waals surface area contributed by atoms with Gasteiger partial charge in [-0.25, -0.2) is 4.79 Å². The summed E-state index contributed by atoms with van der Waals surface area (Å²) in [5, 5.41) is 8.72. The summed E-state index contributed by atoms with van der Waals surface area (Å²) in [6.07, 6.45) is -0.794. The molecule has 0 aliphatic carbocycles. The van der Waals surface area contributed by atoms with Crippen molar-refractivity contribution in [2.24, 2.45) is 0 Å². The Labute approximate surface area is 72.7 Å². The van der Waals surface area contributed by atoms with Crippen molar-refractivity contribution in [3.05, 3.63) is 0 Å². The molecule has 0 aromatic carbocycles. The summed E-state index contributed by atoms with van der Waals surface area (Å²) in [5.41, 5.74) is -0.523. The minimum atomic E-state index is -0.794. The van der Waals surface area contributed by atoms with Gasteiger partial charge in [-0.1, -0.05) is 5.92 Å². The maximum Gasteiger partial charge on any atom is 0.384 e. The molecule has 0 aliphatic heterocycles. The Hall–Kier alpha value is -1.01. The molecule has 68 valence electrons. The van der Waals surface area contributed by atoms with Gasteiger partial charge >= 0.3 is 5.97 Å². The Bertz CT molecular complexity index is 212. The smallest absolute Gasteiger partial charge is 0.384 e. The molecule has 12 heavy (non-hydrogen) atoms. The van der Waals surface area contributed by atoms with Gasteiger partial charge < -0.3 is 9.84 Å². The zero-order chi connectivity index (χ0) is 9.78. The van der Waals surface area contributed by atoms with Gasteiger partial charge in [0.15, 0.2) is 0 Å². The molecular weight excluding hydrogens is 156 g/mol. The molecule has 0 heterocycles. The van der Waals surface area contributed by atoms with Crippen LogP contribution < -0.4 is 0 Å². The van der Waals surface area contributed by atoms with Crippen LogP contribution in [0.5, 0.6) is 0 Å². The molecule has 0 saturated heterocycles. The highest BCUT2D eigenvalue weighted by atomic mass is 16.6. The van der Waals surface area contributed by atoms with Crippen LogP contribution in [0.4, 0.5) is 0 Å². The summed E-state index contributed by atoms with van der Waals surface area (Å²) in [6, 6.07) is 0. The third-order valence-corrected chi connectivity index (χ3v) is 0.782. The van der Waals surface area contributed by atoms with Crippen LogP contribution in [-0.4, -0.2) is 22.8 Å². The lowest BCUT2D eigenvalue weighted by Gasteiger charge is -2.16. The molecule has 0 spiro atoms. The van der Waals surface area contributed by atoms with E-state index >= 15 is 0 Å². The molecule has 0 radical (unpaired) electrons. The van der Waals surface area contributed by atoms with E-state index in [9.17, 15) is 4.79 Å². The summed E-state index contributed by atoms with van der Waals surface area (Å²) in [4.78, 5) is 10.9. The first-order valence-corrected chi connectivity index (χ1v) is 3.74. The first-order chi connectivity index (χ1) is 5.31. The Kier molecular flexibility index (Phi) is 3.78. The highest BCUT2D eigenvalue weighted by Gasteiger charge is 2.14. The lowest BCUT2D eigenvalue weighted by atomic mass is 10.2. The number of rotatable bonds is 0. The summed E-state index contributed by atoms with van der Waals surface area (Å²) < 4.78 is 4.86. The molecule has 3 heteroatoms. The zero-order valence-corrected chi connectivity index (χ0v) is 7.84. The molecule has 0 aromatic rings. The predicted molar refractivity (Wildman–Crippen MR) is 45.3 cm³/mol. The summed E-state index contributed by atoms with van der Waals surface area (Å²) in [5.74, 6) is 3.87. The topological polar surface area (TPSA) is 46.5 Å². The van der Waals surface area contributed by atoms with Gasteiger partial charge in [-0.15, -0.1) is 0 Å². The third kappa shape index (κ3) is 7.10. The Morgan fingerprint density at radius 2 is 2.00 bits per heavy atom. The first kappa shape index (κ1) is 11.0. The van der Waals surface area contributed by atoms with Gasteiger partial charge in [0.1, 0.15) is 11.7 Å². The molecule has 1 atom stereocenters. The molecule has 0 aromatic heterocycles. The Morgan fingerprint density at radius 3 is 2.33 bits per heavy atom. The number of aliphatic hydroxyl groups is 1. The van der Waals surface area contributed by atoms with E-state index in [0.29, 0.717) is 0 Å². The van der Waals surface area contributed by atoms with Crippen LogP contribution in [-0.2, 0) is 9.53 Å². The average molecular weight is 170 g/mol. The van der Waals surface area contributed by atoms with E-state index < -0.39 is 17.7 Å². The molecule has 0 amide bonds. The lowest BCUT2D eigenvalue weighted by molar-refractivity contribution is -0.147. The van der Waals surface area contributed by atoms with Gasteiger partial charge in [0, 0.05) is 5.92 Å². The minimum absolute atomic E-state index is 0.523. The number of carbonyl (C=O) groups is 1. The predicted octanol–water partition coefficient (Wildman–Crippen LogP) is 0.712. The minimum Gasteiger partial charge on any atom is -0.450 e. The highest BCUT2D eigenvalue weighted by Crippen LogP contribution is 2.05. The van der Waals surface area contributed by atoms with Crippen molar-refractivity contribution in [1.29, 1.82) is 0 Å². The van der Waals surface area contributed by atoms with Gasteiger partial charge in [0.2, 0.25) is 0 Å². The molecular formula is C9H14O3. The maximum absolute atomic E-state index is 10.9. The van der Waals surface area contributed by atoms with Gasteiger partial charge in [0.25, 0.3) is 0 Å². The van der Waals surface area contributed by atoms with Crippen LogP contribution in [0, 0.1) is 11.8 Å². The van der Waals surface area contributed by atoms with E-state index in [1.54, 1.807) is 20.8 Å². The van der Waals surface area contributed by atoms with E-state index in [0.717, 1.165) is 0 Å². The fourth-order valence-corrected chi connectivity index (χ4v) is 0.467. The second-order valence-corrected chi connectivity index (χ2v) is 3.45. The van der Waals surface area contributed by atoms with E-state index in [4.69, 9.17) is 9.84 Å². The number of carbonyl (C=O) groups excluding carboxylic acids is 1. The molecule has 0 fully saturated rings. The summed E-state index contributed by atoms with van der Waals surface area (Å²) >= 11 is 0. The number of esters is 1. The van der Waals surface area contributed by atoms with Gasteiger partial charge in [-0.05, 0) is 27.7 Å². The number of hydrogen-bond donors (Lipinski definition) is 1. The van der Waals surface area contributed by atoms with Gasteiger partial charge in [0.05, 0.1) is 0 Å². The van der Waals surface area contributed by atoms with E-state index in [-0.39, 0.29) is 0 Å². The van der Waals surface area contributed by atoms with E-state index in [1.165, 1.54) is 6.92 Å². The SMILES string of the molecule is C[C@H](O)C#CC(=O)OC(C)(C)C. The van der Waals surface area contributed by atoms with Crippen molar-refractivity contribution in [2.75, 3.05) is 0 Å². The second-order valence-electron chi connectivity index (χ2n) is 3.45. The van der Waals surface area contributed by atoms with E-state index in [1.807, 2.05) is 0 Å². The van der Waals surface area contributed by atoms with Crippen LogP contribution in [0.15, 0.2) is 0 Å². The normalized spacial score (nSPS) is 12.8. The monoisotopic (exact) mass is 170 g/mol. The van der Waals surface area contributed by atoms with Gasteiger partial charge in [-0.2, -0.15) is 0 Å². The third-order valence-electron chi connectivity index (χ3n) is 0.782. The van der Waals surface area contributed by atoms with E-state index in [2.05, 4.69) is 11.8 Å². The molecule has 1 N–H and O–H groups in total. The standard InChI is InChI=1S/C9H14O3/c1-7(10)5-6-8(11)12-9(2,3)4/h7,10H,1-4H3/t7-/m0/s1. The van der Waals surface area contributed by atoms with Crippen molar-refractivity contribution in [2.45, 2.75) is 39.4 Å². The van der Waals surface area contributed by atoms with Crippen LogP contribution in [0.2, 0.25) is 0 Å². The molecule has 0 bridgehead atoms. The molecule has 0 rings (SSSR count). The van der Waals surface area contributed by atoms with Crippen molar-refractivity contribution < 1.29 is 14.6 Å². The van der Waals surface area contributed by atoms with Crippen LogP contribution in [0.1, 0.15) is 27.7 Å². The lowest BCUT2D eigenvalue weighted by Crippen LogP contribution is -2.22. The highest BCUT2D eigenvalue weighted by molar-refractivity contribution is 5.88. The molecule has 0 aliphatic rings. The number of hydrogen-bond acceptors (Lipinski definition) is 3. The summed E-state index contributed by atoms with van der Waals surface area (Å²) in [7, 11) is 0. The van der Waals surface area contributed by atoms with Crippen molar-refractivity contribution in [1.82, 2.24) is 0 Å². The fraction of sp³-hybridized carbons (Fsp3) is 0.667. The Balaban J connectivity index is 4.02. The molecule has 0 unspecified atom stereocenters. The average Bonchev–Trinajstić information content (AvgIpc) is 1.79. The Morgan fingerprint density at radius 1 is 1.50 bits per heavy atom. The summed E-state index contributed by atoms with van der Waals surface area (Å²) in [6.45, 7) is 6.76. The van der Waals surface area contributed by atoms with Crippen LogP contribution in [0.25, 0.3) is 0 Å². The van der Waals surface area contributed by atoms with Crippen LogP contribution >= 0.6 is 0 Å².